The number of aromatic hydroxyl groups is 2. The van der Waals surface area contributed by atoms with Crippen molar-refractivity contribution in [2.24, 2.45) is 0 Å². The molecule has 5 heteroatoms. The van der Waals surface area contributed by atoms with E-state index in [1.165, 1.54) is 6.92 Å². The minimum Gasteiger partial charge on any atom is -0.507 e. The van der Waals surface area contributed by atoms with Crippen LogP contribution in [-0.2, 0) is 4.79 Å². The van der Waals surface area contributed by atoms with Crippen molar-refractivity contribution in [2.75, 3.05) is 0 Å². The molecular weight excluding hydrogens is 212 g/mol. The van der Waals surface area contributed by atoms with E-state index in [2.05, 4.69) is 0 Å². The number of phenols is 2. The first-order valence-corrected chi connectivity index (χ1v) is 4.48. The van der Waals surface area contributed by atoms with Gasteiger partial charge >= 0.3 is 0 Å². The van der Waals surface area contributed by atoms with Gasteiger partial charge < -0.3 is 15.3 Å². The molecule has 1 aliphatic carbocycles. The molecule has 0 amide bonds. The van der Waals surface area contributed by atoms with Crippen molar-refractivity contribution in [3.8, 4) is 11.5 Å². The maximum atomic E-state index is 11.5. The Labute approximate surface area is 90.3 Å². The van der Waals surface area contributed by atoms with Crippen LogP contribution in [0.1, 0.15) is 22.8 Å². The van der Waals surface area contributed by atoms with Gasteiger partial charge in [-0.15, -0.1) is 0 Å². The highest BCUT2D eigenvalue weighted by molar-refractivity contribution is 6.52. The third kappa shape index (κ3) is 1.18. The monoisotopic (exact) mass is 220 g/mol. The van der Waals surface area contributed by atoms with E-state index in [4.69, 9.17) is 0 Å². The molecule has 0 bridgehead atoms. The largest absolute Gasteiger partial charge is 0.507 e. The summed E-state index contributed by atoms with van der Waals surface area (Å²) in [5, 5.41) is 28.1. The zero-order valence-corrected chi connectivity index (χ0v) is 8.31. The molecule has 1 aliphatic rings. The topological polar surface area (TPSA) is 94.8 Å². The van der Waals surface area contributed by atoms with Gasteiger partial charge in [-0.25, -0.2) is 0 Å². The van der Waals surface area contributed by atoms with Crippen LogP contribution >= 0.6 is 0 Å². The van der Waals surface area contributed by atoms with Gasteiger partial charge in [0.2, 0.25) is 11.6 Å². The summed E-state index contributed by atoms with van der Waals surface area (Å²) >= 11 is 0. The van der Waals surface area contributed by atoms with Crippen molar-refractivity contribution >= 4 is 17.3 Å². The molecule has 2 rings (SSSR count). The summed E-state index contributed by atoms with van der Waals surface area (Å²) < 4.78 is 0. The number of aliphatic hydroxyl groups is 1. The Hall–Kier alpha value is -2.30. The molecule has 0 radical (unpaired) electrons. The molecule has 82 valence electrons. The van der Waals surface area contributed by atoms with Crippen molar-refractivity contribution < 1.29 is 24.9 Å². The number of hydrogen-bond donors (Lipinski definition) is 3. The first-order valence-electron chi connectivity index (χ1n) is 4.48. The van der Waals surface area contributed by atoms with Crippen molar-refractivity contribution in [1.29, 1.82) is 0 Å². The normalized spacial score (nSPS) is 15.3. The van der Waals surface area contributed by atoms with Gasteiger partial charge in [0, 0.05) is 16.7 Å². The Morgan fingerprint density at radius 3 is 1.94 bits per heavy atom. The zero-order valence-electron chi connectivity index (χ0n) is 8.31. The Morgan fingerprint density at radius 1 is 0.875 bits per heavy atom. The number of aliphatic hydroxyl groups excluding tert-OH is 1. The number of Topliss-reactive ketones (excluding diaryl/α,β-unsaturated/α-hetero) is 2. The SMILES string of the molecule is CC1=C(O)c2cc(O)c(O)cc2C(=O)C1=O. The molecule has 0 unspecified atom stereocenters. The molecule has 0 atom stereocenters. The second-order valence-electron chi connectivity index (χ2n) is 3.52. The Morgan fingerprint density at radius 2 is 1.38 bits per heavy atom. The van der Waals surface area contributed by atoms with E-state index in [0.29, 0.717) is 0 Å². The maximum absolute atomic E-state index is 11.5. The summed E-state index contributed by atoms with van der Waals surface area (Å²) in [5.41, 5.74) is -0.122. The van der Waals surface area contributed by atoms with Crippen LogP contribution in [0.4, 0.5) is 0 Å². The third-order valence-corrected chi connectivity index (χ3v) is 2.52. The van der Waals surface area contributed by atoms with Crippen LogP contribution < -0.4 is 0 Å². The maximum Gasteiger partial charge on any atom is 0.234 e. The third-order valence-electron chi connectivity index (χ3n) is 2.52. The molecular formula is C11H8O5. The number of allylic oxidation sites excluding steroid dienone is 1. The number of ketones is 2. The molecule has 0 aliphatic heterocycles. The first-order chi connectivity index (χ1) is 7.43. The van der Waals surface area contributed by atoms with Crippen LogP contribution in [0.3, 0.4) is 0 Å². The lowest BCUT2D eigenvalue weighted by atomic mass is 9.89. The molecule has 5 nitrogen and oxygen atoms in total. The van der Waals surface area contributed by atoms with Crippen LogP contribution in [0, 0.1) is 0 Å². The average Bonchev–Trinajstić information content (AvgIpc) is 2.26. The van der Waals surface area contributed by atoms with Gasteiger partial charge in [-0.05, 0) is 19.1 Å². The predicted octanol–water partition coefficient (Wildman–Crippen LogP) is 1.15. The Balaban J connectivity index is 2.81. The van der Waals surface area contributed by atoms with Gasteiger partial charge in [0.05, 0.1) is 0 Å². The number of carbonyl (C=O) groups excluding carboxylic acids is 2. The highest BCUT2D eigenvalue weighted by Gasteiger charge is 2.31. The zero-order chi connectivity index (χ0) is 12.0. The fourth-order valence-corrected chi connectivity index (χ4v) is 1.56. The van der Waals surface area contributed by atoms with Gasteiger partial charge in [0.15, 0.2) is 11.5 Å². The van der Waals surface area contributed by atoms with E-state index >= 15 is 0 Å². The number of carbonyl (C=O) groups is 2. The molecule has 0 aromatic heterocycles. The second kappa shape index (κ2) is 3.10. The van der Waals surface area contributed by atoms with Crippen LogP contribution in [0.5, 0.6) is 11.5 Å². The number of phenolic OH excluding ortho intramolecular Hbond substituents is 2. The summed E-state index contributed by atoms with van der Waals surface area (Å²) in [6.45, 7) is 1.32. The fourth-order valence-electron chi connectivity index (χ4n) is 1.56. The summed E-state index contributed by atoms with van der Waals surface area (Å²) in [4.78, 5) is 22.9. The van der Waals surface area contributed by atoms with Crippen LogP contribution in [-0.4, -0.2) is 26.9 Å². The van der Waals surface area contributed by atoms with Crippen LogP contribution in [0.2, 0.25) is 0 Å². The van der Waals surface area contributed by atoms with Crippen molar-refractivity contribution in [1.82, 2.24) is 0 Å². The minimum atomic E-state index is -0.810. The number of hydrogen-bond acceptors (Lipinski definition) is 5. The van der Waals surface area contributed by atoms with Crippen LogP contribution in [0.15, 0.2) is 17.7 Å². The second-order valence-corrected chi connectivity index (χ2v) is 3.52. The van der Waals surface area contributed by atoms with E-state index < -0.39 is 23.1 Å². The first kappa shape index (κ1) is 10.2. The molecule has 1 aromatic carbocycles. The quantitative estimate of drug-likeness (QED) is 0.450. The molecule has 3 N–H and O–H groups in total. The predicted molar refractivity (Wildman–Crippen MR) is 54.3 cm³/mol. The van der Waals surface area contributed by atoms with Gasteiger partial charge in [-0.1, -0.05) is 0 Å². The van der Waals surface area contributed by atoms with E-state index in [1.54, 1.807) is 0 Å². The fraction of sp³-hybridized carbons (Fsp3) is 0.0909. The van der Waals surface area contributed by atoms with Crippen LogP contribution in [0.25, 0.3) is 5.76 Å². The van der Waals surface area contributed by atoms with E-state index in [1.807, 2.05) is 0 Å². The highest BCUT2D eigenvalue weighted by Crippen LogP contribution is 2.35. The highest BCUT2D eigenvalue weighted by atomic mass is 16.3. The molecule has 1 aromatic rings. The molecule has 16 heavy (non-hydrogen) atoms. The standard InChI is InChI=1S/C11H8O5/c1-4-9(14)5-2-7(12)8(13)3-6(5)11(16)10(4)15/h2-3,12-14H,1H3. The Kier molecular flexibility index (Phi) is 1.98. The number of fused-ring (bicyclic) bond motifs is 1. The lowest BCUT2D eigenvalue weighted by molar-refractivity contribution is -0.111. The summed E-state index contributed by atoms with van der Waals surface area (Å²) in [5.74, 6) is -2.93. The molecule has 0 fully saturated rings. The van der Waals surface area contributed by atoms with Gasteiger partial charge in [0.25, 0.3) is 0 Å². The van der Waals surface area contributed by atoms with Gasteiger partial charge in [-0.2, -0.15) is 0 Å². The summed E-state index contributed by atoms with van der Waals surface area (Å²) in [6, 6.07) is 2.02. The summed E-state index contributed by atoms with van der Waals surface area (Å²) in [7, 11) is 0. The van der Waals surface area contributed by atoms with Crippen molar-refractivity contribution in [3.05, 3.63) is 28.8 Å². The smallest absolute Gasteiger partial charge is 0.234 e. The molecule has 0 saturated heterocycles. The average molecular weight is 220 g/mol. The lowest BCUT2D eigenvalue weighted by Gasteiger charge is -2.16. The van der Waals surface area contributed by atoms with Crippen molar-refractivity contribution in [3.63, 3.8) is 0 Å². The van der Waals surface area contributed by atoms with Gasteiger partial charge in [-0.3, -0.25) is 9.59 Å². The number of rotatable bonds is 0. The van der Waals surface area contributed by atoms with E-state index in [-0.39, 0.29) is 22.5 Å². The lowest BCUT2D eigenvalue weighted by Crippen LogP contribution is -2.22. The number of benzene rings is 1. The molecule has 0 spiro atoms. The molecule has 0 saturated carbocycles. The van der Waals surface area contributed by atoms with E-state index in [9.17, 15) is 24.9 Å². The van der Waals surface area contributed by atoms with E-state index in [0.717, 1.165) is 12.1 Å². The minimum absolute atomic E-state index is 0.0531. The molecule has 0 heterocycles. The summed E-state index contributed by atoms with van der Waals surface area (Å²) in [6.07, 6.45) is 0. The Bertz CT molecular complexity index is 554. The van der Waals surface area contributed by atoms with Gasteiger partial charge in [0.1, 0.15) is 5.76 Å². The van der Waals surface area contributed by atoms with Crippen molar-refractivity contribution in [2.45, 2.75) is 6.92 Å².